The molecular formula is C14H13NO. The maximum absolute atomic E-state index is 11.8. The molecule has 3 rings (SSSR count). The van der Waals surface area contributed by atoms with Gasteiger partial charge in [0.15, 0.2) is 0 Å². The normalized spacial score (nSPS) is 24.9. The molecule has 2 aliphatic rings. The predicted octanol–water partition coefficient (Wildman–Crippen LogP) is 2.99. The molecule has 80 valence electrons. The number of allylic oxidation sites excluding steroid dienone is 3. The van der Waals surface area contributed by atoms with Crippen LogP contribution in [-0.4, -0.2) is 5.91 Å². The van der Waals surface area contributed by atoms with E-state index in [-0.39, 0.29) is 5.91 Å². The first kappa shape index (κ1) is 9.40. The molecule has 1 aromatic rings. The van der Waals surface area contributed by atoms with E-state index in [2.05, 4.69) is 23.5 Å². The van der Waals surface area contributed by atoms with E-state index in [4.69, 9.17) is 0 Å². The molecule has 1 heterocycles. The molecule has 0 saturated heterocycles. The van der Waals surface area contributed by atoms with Gasteiger partial charge in [0, 0.05) is 16.8 Å². The minimum absolute atomic E-state index is 0.0292. The van der Waals surface area contributed by atoms with E-state index in [0.29, 0.717) is 5.92 Å². The van der Waals surface area contributed by atoms with Gasteiger partial charge >= 0.3 is 0 Å². The van der Waals surface area contributed by atoms with E-state index in [9.17, 15) is 4.79 Å². The van der Waals surface area contributed by atoms with Crippen LogP contribution in [-0.2, 0) is 4.79 Å². The van der Waals surface area contributed by atoms with Gasteiger partial charge in [0.05, 0.1) is 0 Å². The first-order valence-electron chi connectivity index (χ1n) is 5.64. The molecule has 0 radical (unpaired) electrons. The summed E-state index contributed by atoms with van der Waals surface area (Å²) in [6.07, 6.45) is 8.70. The van der Waals surface area contributed by atoms with E-state index in [1.807, 2.05) is 24.3 Å². The third-order valence-corrected chi connectivity index (χ3v) is 3.14. The SMILES string of the molecule is O=C1Nc2ccccc2/C1=C\C1C=CCC1. The first-order valence-corrected chi connectivity index (χ1v) is 5.64. The van der Waals surface area contributed by atoms with Crippen LogP contribution in [0.5, 0.6) is 0 Å². The van der Waals surface area contributed by atoms with Crippen LogP contribution in [0.3, 0.4) is 0 Å². The lowest BCUT2D eigenvalue weighted by Crippen LogP contribution is -2.04. The number of carbonyl (C=O) groups is 1. The quantitative estimate of drug-likeness (QED) is 0.561. The van der Waals surface area contributed by atoms with Crippen LogP contribution >= 0.6 is 0 Å². The second kappa shape index (κ2) is 3.63. The molecule has 0 bridgehead atoms. The third kappa shape index (κ3) is 1.47. The molecule has 0 saturated carbocycles. The van der Waals surface area contributed by atoms with Gasteiger partial charge in [-0.1, -0.05) is 36.4 Å². The van der Waals surface area contributed by atoms with E-state index in [1.165, 1.54) is 0 Å². The molecule has 1 aliphatic heterocycles. The van der Waals surface area contributed by atoms with E-state index in [0.717, 1.165) is 29.7 Å². The van der Waals surface area contributed by atoms with Crippen molar-refractivity contribution in [2.45, 2.75) is 12.8 Å². The van der Waals surface area contributed by atoms with Crippen LogP contribution in [0.2, 0.25) is 0 Å². The molecular weight excluding hydrogens is 198 g/mol. The molecule has 1 unspecified atom stereocenters. The maximum atomic E-state index is 11.8. The highest BCUT2D eigenvalue weighted by molar-refractivity contribution is 6.31. The molecule has 2 nitrogen and oxygen atoms in total. The lowest BCUT2D eigenvalue weighted by atomic mass is 10.0. The average Bonchev–Trinajstić information content (AvgIpc) is 2.89. The van der Waals surface area contributed by atoms with Gasteiger partial charge in [-0.3, -0.25) is 4.79 Å². The largest absolute Gasteiger partial charge is 0.321 e. The number of para-hydroxylation sites is 1. The zero-order valence-electron chi connectivity index (χ0n) is 8.94. The van der Waals surface area contributed by atoms with Gasteiger partial charge in [0.2, 0.25) is 0 Å². The van der Waals surface area contributed by atoms with Crippen LogP contribution < -0.4 is 5.32 Å². The molecule has 0 fully saturated rings. The maximum Gasteiger partial charge on any atom is 0.256 e. The van der Waals surface area contributed by atoms with E-state index < -0.39 is 0 Å². The summed E-state index contributed by atoms with van der Waals surface area (Å²) in [6.45, 7) is 0. The third-order valence-electron chi connectivity index (χ3n) is 3.14. The van der Waals surface area contributed by atoms with Crippen LogP contribution in [0.25, 0.3) is 5.57 Å². The molecule has 16 heavy (non-hydrogen) atoms. The summed E-state index contributed by atoms with van der Waals surface area (Å²) < 4.78 is 0. The standard InChI is InChI=1S/C14H13NO/c16-14-12(9-10-5-1-2-6-10)11-7-3-4-8-13(11)15-14/h1,3-5,7-10H,2,6H2,(H,15,16)/b12-9+. The van der Waals surface area contributed by atoms with Crippen molar-refractivity contribution < 1.29 is 4.79 Å². The molecule has 1 aromatic carbocycles. The number of carbonyl (C=O) groups excluding carboxylic acids is 1. The smallest absolute Gasteiger partial charge is 0.256 e. The average molecular weight is 211 g/mol. The Hall–Kier alpha value is -1.83. The van der Waals surface area contributed by atoms with Crippen molar-refractivity contribution in [1.82, 2.24) is 0 Å². The van der Waals surface area contributed by atoms with Crippen LogP contribution in [0.15, 0.2) is 42.5 Å². The van der Waals surface area contributed by atoms with Crippen molar-refractivity contribution in [3.8, 4) is 0 Å². The van der Waals surface area contributed by atoms with Crippen molar-refractivity contribution in [2.75, 3.05) is 5.32 Å². The van der Waals surface area contributed by atoms with E-state index in [1.54, 1.807) is 0 Å². The molecule has 0 aromatic heterocycles. The monoisotopic (exact) mass is 211 g/mol. The summed E-state index contributed by atoms with van der Waals surface area (Å²) in [5.74, 6) is 0.452. The number of anilines is 1. The Morgan fingerprint density at radius 1 is 1.31 bits per heavy atom. The fourth-order valence-corrected chi connectivity index (χ4v) is 2.31. The van der Waals surface area contributed by atoms with Crippen LogP contribution in [0.4, 0.5) is 5.69 Å². The summed E-state index contributed by atoms with van der Waals surface area (Å²) in [5.41, 5.74) is 2.79. The van der Waals surface area contributed by atoms with Gasteiger partial charge in [-0.15, -0.1) is 0 Å². The zero-order chi connectivity index (χ0) is 11.0. The van der Waals surface area contributed by atoms with Gasteiger partial charge in [0.25, 0.3) is 5.91 Å². The zero-order valence-corrected chi connectivity index (χ0v) is 8.94. The fraction of sp³-hybridized carbons (Fsp3) is 0.214. The molecule has 1 amide bonds. The minimum atomic E-state index is 0.0292. The lowest BCUT2D eigenvalue weighted by Gasteiger charge is -2.02. The summed E-state index contributed by atoms with van der Waals surface area (Å²) in [6, 6.07) is 7.85. The molecule has 1 aliphatic carbocycles. The summed E-state index contributed by atoms with van der Waals surface area (Å²) >= 11 is 0. The number of nitrogens with one attached hydrogen (secondary N) is 1. The van der Waals surface area contributed by atoms with Gasteiger partial charge in [-0.05, 0) is 24.8 Å². The van der Waals surface area contributed by atoms with Gasteiger partial charge in [-0.25, -0.2) is 0 Å². The predicted molar refractivity (Wildman–Crippen MR) is 64.9 cm³/mol. The highest BCUT2D eigenvalue weighted by atomic mass is 16.2. The van der Waals surface area contributed by atoms with E-state index >= 15 is 0 Å². The van der Waals surface area contributed by atoms with Gasteiger partial charge in [0.1, 0.15) is 0 Å². The Kier molecular flexibility index (Phi) is 2.13. The van der Waals surface area contributed by atoms with Crippen molar-refractivity contribution >= 4 is 17.2 Å². The first-order chi connectivity index (χ1) is 7.84. The Morgan fingerprint density at radius 2 is 2.19 bits per heavy atom. The number of rotatable bonds is 1. The highest BCUT2D eigenvalue weighted by Crippen LogP contribution is 2.33. The lowest BCUT2D eigenvalue weighted by molar-refractivity contribution is -0.110. The van der Waals surface area contributed by atoms with Crippen LogP contribution in [0.1, 0.15) is 18.4 Å². The summed E-state index contributed by atoms with van der Waals surface area (Å²) in [5, 5.41) is 2.89. The van der Waals surface area contributed by atoms with Crippen molar-refractivity contribution in [2.24, 2.45) is 5.92 Å². The number of amides is 1. The topological polar surface area (TPSA) is 29.1 Å². The number of hydrogen-bond donors (Lipinski definition) is 1. The summed E-state index contributed by atoms with van der Waals surface area (Å²) in [7, 11) is 0. The number of hydrogen-bond acceptors (Lipinski definition) is 1. The fourth-order valence-electron chi connectivity index (χ4n) is 2.31. The Morgan fingerprint density at radius 3 is 3.00 bits per heavy atom. The van der Waals surface area contributed by atoms with Crippen molar-refractivity contribution in [1.29, 1.82) is 0 Å². The second-order valence-corrected chi connectivity index (χ2v) is 4.25. The molecule has 0 spiro atoms. The van der Waals surface area contributed by atoms with Crippen molar-refractivity contribution in [3.63, 3.8) is 0 Å². The van der Waals surface area contributed by atoms with Crippen molar-refractivity contribution in [3.05, 3.63) is 48.1 Å². The number of fused-ring (bicyclic) bond motifs is 1. The summed E-state index contributed by atoms with van der Waals surface area (Å²) in [4.78, 5) is 11.8. The highest BCUT2D eigenvalue weighted by Gasteiger charge is 2.24. The Labute approximate surface area is 94.7 Å². The van der Waals surface area contributed by atoms with Gasteiger partial charge in [-0.2, -0.15) is 0 Å². The van der Waals surface area contributed by atoms with Crippen LogP contribution in [0, 0.1) is 5.92 Å². The second-order valence-electron chi connectivity index (χ2n) is 4.25. The molecule has 2 heteroatoms. The molecule has 1 atom stereocenters. The minimum Gasteiger partial charge on any atom is -0.321 e. The number of benzene rings is 1. The Balaban J connectivity index is 2.01. The Bertz CT molecular complexity index is 499. The van der Waals surface area contributed by atoms with Gasteiger partial charge < -0.3 is 5.32 Å². The molecule has 1 N–H and O–H groups in total.